The molecular weight excluding hydrogens is 288 g/mol. The lowest BCUT2D eigenvalue weighted by atomic mass is 9.44. The Hall–Kier alpha value is -0.830. The molecule has 5 atom stereocenters. The molecule has 2 saturated carbocycles. The van der Waals surface area contributed by atoms with Gasteiger partial charge in [0.1, 0.15) is 18.0 Å². The van der Waals surface area contributed by atoms with Gasteiger partial charge in [0.15, 0.2) is 0 Å². The van der Waals surface area contributed by atoms with Gasteiger partial charge in [0.05, 0.1) is 11.9 Å². The van der Waals surface area contributed by atoms with Crippen LogP contribution in [0.3, 0.4) is 0 Å². The molecule has 0 amide bonds. The summed E-state index contributed by atoms with van der Waals surface area (Å²) in [6.45, 7) is 9.86. The highest BCUT2D eigenvalue weighted by Crippen LogP contribution is 2.67. The van der Waals surface area contributed by atoms with E-state index in [2.05, 4.69) is 33.8 Å². The molecule has 4 rings (SSSR count). The van der Waals surface area contributed by atoms with Crippen LogP contribution in [0.1, 0.15) is 66.2 Å². The smallest absolute Gasteiger partial charge is 0.138 e. The Morgan fingerprint density at radius 2 is 1.91 bits per heavy atom. The summed E-state index contributed by atoms with van der Waals surface area (Å²) in [6, 6.07) is 0. The third-order valence-corrected chi connectivity index (χ3v) is 7.88. The van der Waals surface area contributed by atoms with Gasteiger partial charge in [0, 0.05) is 17.8 Å². The highest BCUT2D eigenvalue weighted by Gasteiger charge is 2.69. The summed E-state index contributed by atoms with van der Waals surface area (Å²) in [6.07, 6.45) is 10.2. The van der Waals surface area contributed by atoms with Gasteiger partial charge in [-0.15, -0.1) is 0 Å². The van der Waals surface area contributed by atoms with Gasteiger partial charge in [-0.1, -0.05) is 34.1 Å². The van der Waals surface area contributed by atoms with Crippen molar-refractivity contribution < 1.29 is 14.3 Å². The quantitative estimate of drug-likeness (QED) is 0.669. The fourth-order valence-electron chi connectivity index (χ4n) is 6.46. The molecule has 0 unspecified atom stereocenters. The van der Waals surface area contributed by atoms with Gasteiger partial charge in [0.25, 0.3) is 0 Å². The normalized spacial score (nSPS) is 51.2. The molecule has 23 heavy (non-hydrogen) atoms. The molecule has 128 valence electrons. The largest absolute Gasteiger partial charge is 0.498 e. The van der Waals surface area contributed by atoms with Gasteiger partial charge in [-0.3, -0.25) is 4.79 Å². The van der Waals surface area contributed by atoms with Gasteiger partial charge in [0.2, 0.25) is 0 Å². The maximum atomic E-state index is 12.9. The number of rotatable bonds is 0. The lowest BCUT2D eigenvalue weighted by molar-refractivity contribution is -0.234. The Kier molecular flexibility index (Phi) is 3.15. The number of hydrogen-bond acceptors (Lipinski definition) is 3. The van der Waals surface area contributed by atoms with E-state index in [0.29, 0.717) is 18.3 Å². The Morgan fingerprint density at radius 1 is 1.13 bits per heavy atom. The summed E-state index contributed by atoms with van der Waals surface area (Å²) in [5, 5.41) is 0. The number of fused-ring (bicyclic) bond motifs is 2. The Bertz CT molecular complexity index is 565. The summed E-state index contributed by atoms with van der Waals surface area (Å²) in [5.41, 5.74) is -0.303. The second-order valence-corrected chi connectivity index (χ2v) is 9.37. The van der Waals surface area contributed by atoms with Crippen LogP contribution in [0.5, 0.6) is 0 Å². The second kappa shape index (κ2) is 4.62. The highest BCUT2D eigenvalue weighted by molar-refractivity contribution is 5.84. The first kappa shape index (κ1) is 15.7. The average molecular weight is 318 g/mol. The zero-order valence-corrected chi connectivity index (χ0v) is 15.0. The molecule has 2 aliphatic carbocycles. The minimum atomic E-state index is -0.317. The maximum Gasteiger partial charge on any atom is 0.138 e. The van der Waals surface area contributed by atoms with Crippen molar-refractivity contribution in [3.8, 4) is 0 Å². The summed E-state index contributed by atoms with van der Waals surface area (Å²) in [4.78, 5) is 12.9. The Labute approximate surface area is 139 Å². The molecule has 0 aromatic heterocycles. The fourth-order valence-corrected chi connectivity index (χ4v) is 6.46. The first-order valence-corrected chi connectivity index (χ1v) is 9.27. The molecule has 0 bridgehead atoms. The molecule has 0 aromatic rings. The van der Waals surface area contributed by atoms with Gasteiger partial charge >= 0.3 is 0 Å². The number of ketones is 1. The van der Waals surface area contributed by atoms with Crippen LogP contribution in [0.2, 0.25) is 0 Å². The first-order valence-electron chi connectivity index (χ1n) is 9.27. The van der Waals surface area contributed by atoms with Crippen LogP contribution in [-0.2, 0) is 14.3 Å². The van der Waals surface area contributed by atoms with Crippen molar-refractivity contribution in [2.24, 2.45) is 22.7 Å². The van der Waals surface area contributed by atoms with E-state index in [0.717, 1.165) is 19.3 Å². The molecular formula is C20H30O3. The number of carbonyl (C=O) groups is 1. The zero-order chi connectivity index (χ0) is 16.5. The maximum absolute atomic E-state index is 12.9. The monoisotopic (exact) mass is 318 g/mol. The van der Waals surface area contributed by atoms with E-state index < -0.39 is 0 Å². The van der Waals surface area contributed by atoms with Crippen molar-refractivity contribution in [2.45, 2.75) is 77.4 Å². The Morgan fingerprint density at radius 3 is 2.61 bits per heavy atom. The van der Waals surface area contributed by atoms with Crippen molar-refractivity contribution in [1.82, 2.24) is 0 Å². The van der Waals surface area contributed by atoms with E-state index in [1.54, 1.807) is 6.26 Å². The van der Waals surface area contributed by atoms with Crippen molar-refractivity contribution in [3.05, 3.63) is 12.3 Å². The van der Waals surface area contributed by atoms with E-state index in [1.165, 1.54) is 19.3 Å². The molecule has 3 heteroatoms. The summed E-state index contributed by atoms with van der Waals surface area (Å²) < 4.78 is 12.4. The number of carbonyl (C=O) groups excluding carboxylic acids is 1. The lowest BCUT2D eigenvalue weighted by Gasteiger charge is -2.63. The second-order valence-electron chi connectivity index (χ2n) is 9.37. The van der Waals surface area contributed by atoms with Crippen LogP contribution >= 0.6 is 0 Å². The average Bonchev–Trinajstić information content (AvgIpc) is 3.10. The zero-order valence-electron chi connectivity index (χ0n) is 15.0. The molecule has 0 aromatic carbocycles. The minimum Gasteiger partial charge on any atom is -0.498 e. The van der Waals surface area contributed by atoms with Gasteiger partial charge in [-0.05, 0) is 43.1 Å². The van der Waals surface area contributed by atoms with Crippen LogP contribution in [0.15, 0.2) is 12.3 Å². The summed E-state index contributed by atoms with van der Waals surface area (Å²) >= 11 is 0. The number of Topliss-reactive ketones (excluding diaryl/α,β-unsaturated/α-hetero) is 1. The van der Waals surface area contributed by atoms with Crippen LogP contribution in [0, 0.1) is 22.7 Å². The van der Waals surface area contributed by atoms with Crippen LogP contribution in [0.4, 0.5) is 0 Å². The number of ether oxygens (including phenoxy) is 2. The minimum absolute atomic E-state index is 0.00831. The van der Waals surface area contributed by atoms with E-state index in [9.17, 15) is 4.79 Å². The Balaban J connectivity index is 1.80. The standard InChI is InChI=1S/C20H30O3/c1-14-15(21)12-16-17(2,3)6-5-7-18(16,4)20(14)9-8-19(23-20)10-11-22-13-19/h10-11,14,16H,5-9,12-13H2,1-4H3/t14-,16+,18+,19-,20+/m1/s1. The van der Waals surface area contributed by atoms with Crippen molar-refractivity contribution in [3.63, 3.8) is 0 Å². The molecule has 0 N–H and O–H groups in total. The summed E-state index contributed by atoms with van der Waals surface area (Å²) in [7, 11) is 0. The van der Waals surface area contributed by atoms with Crippen LogP contribution in [0.25, 0.3) is 0 Å². The van der Waals surface area contributed by atoms with Crippen molar-refractivity contribution in [1.29, 1.82) is 0 Å². The van der Waals surface area contributed by atoms with Crippen LogP contribution < -0.4 is 0 Å². The van der Waals surface area contributed by atoms with Gasteiger partial charge < -0.3 is 9.47 Å². The van der Waals surface area contributed by atoms with E-state index in [-0.39, 0.29) is 27.9 Å². The molecule has 4 aliphatic rings. The molecule has 0 radical (unpaired) electrons. The topological polar surface area (TPSA) is 35.5 Å². The van der Waals surface area contributed by atoms with Crippen LogP contribution in [-0.4, -0.2) is 23.6 Å². The molecule has 3 fully saturated rings. The van der Waals surface area contributed by atoms with Gasteiger partial charge in [-0.2, -0.15) is 0 Å². The predicted octanol–water partition coefficient (Wildman–Crippen LogP) is 4.26. The number of hydrogen-bond donors (Lipinski definition) is 0. The predicted molar refractivity (Wildman–Crippen MR) is 88.9 cm³/mol. The summed E-state index contributed by atoms with van der Waals surface area (Å²) in [5.74, 6) is 0.822. The highest BCUT2D eigenvalue weighted by atomic mass is 16.6. The molecule has 3 nitrogen and oxygen atoms in total. The van der Waals surface area contributed by atoms with Gasteiger partial charge in [-0.25, -0.2) is 0 Å². The molecule has 1 saturated heterocycles. The van der Waals surface area contributed by atoms with E-state index in [1.807, 2.05) is 0 Å². The lowest BCUT2D eigenvalue weighted by Crippen LogP contribution is -2.65. The molecule has 2 aliphatic heterocycles. The third kappa shape index (κ3) is 1.89. The molecule has 2 spiro atoms. The molecule has 2 heterocycles. The third-order valence-electron chi connectivity index (χ3n) is 7.88. The fraction of sp³-hybridized carbons (Fsp3) is 0.850. The first-order chi connectivity index (χ1) is 10.7. The SMILES string of the molecule is C[C@@H]1C(=O)C[C@H]2C(C)(C)CCC[C@]2(C)[C@]12CC[C@]1(C=COC1)O2. The van der Waals surface area contributed by atoms with E-state index >= 15 is 0 Å². The van der Waals surface area contributed by atoms with Crippen molar-refractivity contribution >= 4 is 5.78 Å². The van der Waals surface area contributed by atoms with Crippen molar-refractivity contribution in [2.75, 3.05) is 6.61 Å². The van der Waals surface area contributed by atoms with E-state index in [4.69, 9.17) is 9.47 Å².